The molecule has 5 nitrogen and oxygen atoms in total. The Labute approximate surface area is 158 Å². The molecular formula is C21H24FN3O2. The van der Waals surface area contributed by atoms with Crippen LogP contribution in [0.3, 0.4) is 0 Å². The van der Waals surface area contributed by atoms with Crippen LogP contribution in [0.2, 0.25) is 0 Å². The number of aromatic nitrogens is 2. The second kappa shape index (κ2) is 7.29. The van der Waals surface area contributed by atoms with E-state index in [1.54, 1.807) is 0 Å². The molecule has 1 aliphatic heterocycles. The number of halogens is 1. The van der Waals surface area contributed by atoms with Crippen molar-refractivity contribution in [1.82, 2.24) is 9.55 Å². The standard InChI is InChI=1S/C21H24FN3O2/c1-14-15(2)25(13-19-26-10-11-27-19)20-18(14)8-9-23-21(20)24(3)12-16-4-6-17(22)7-5-16/h4-9,19H,10-13H2,1-3H3. The van der Waals surface area contributed by atoms with Crippen LogP contribution in [0.5, 0.6) is 0 Å². The van der Waals surface area contributed by atoms with Crippen molar-refractivity contribution in [2.45, 2.75) is 33.2 Å². The Morgan fingerprint density at radius 2 is 1.85 bits per heavy atom. The summed E-state index contributed by atoms with van der Waals surface area (Å²) in [7, 11) is 2.01. The topological polar surface area (TPSA) is 39.5 Å². The van der Waals surface area contributed by atoms with Gasteiger partial charge in [-0.15, -0.1) is 0 Å². The normalized spacial score (nSPS) is 15.0. The number of anilines is 1. The zero-order valence-corrected chi connectivity index (χ0v) is 15.9. The highest BCUT2D eigenvalue weighted by atomic mass is 19.1. The van der Waals surface area contributed by atoms with Gasteiger partial charge >= 0.3 is 0 Å². The fourth-order valence-corrected chi connectivity index (χ4v) is 3.68. The molecule has 0 amide bonds. The molecule has 1 aliphatic rings. The summed E-state index contributed by atoms with van der Waals surface area (Å²) in [5.74, 6) is 0.671. The van der Waals surface area contributed by atoms with Gasteiger partial charge in [0.15, 0.2) is 12.1 Å². The lowest BCUT2D eigenvalue weighted by Gasteiger charge is -2.21. The number of nitrogens with zero attached hydrogens (tertiary/aromatic N) is 3. The van der Waals surface area contributed by atoms with Gasteiger partial charge in [-0.3, -0.25) is 0 Å². The van der Waals surface area contributed by atoms with E-state index in [0.717, 1.165) is 16.9 Å². The molecular weight excluding hydrogens is 345 g/mol. The number of aryl methyl sites for hydroxylation is 1. The molecule has 1 aromatic carbocycles. The van der Waals surface area contributed by atoms with E-state index in [9.17, 15) is 4.39 Å². The maximum Gasteiger partial charge on any atom is 0.175 e. The first-order valence-corrected chi connectivity index (χ1v) is 9.18. The van der Waals surface area contributed by atoms with E-state index in [1.165, 1.54) is 28.8 Å². The molecule has 0 N–H and O–H groups in total. The van der Waals surface area contributed by atoms with Crippen molar-refractivity contribution in [1.29, 1.82) is 0 Å². The molecule has 4 rings (SSSR count). The monoisotopic (exact) mass is 369 g/mol. The van der Waals surface area contributed by atoms with Crippen LogP contribution in [-0.4, -0.2) is 36.1 Å². The largest absolute Gasteiger partial charge is 0.354 e. The summed E-state index contributed by atoms with van der Waals surface area (Å²) < 4.78 is 26.8. The highest BCUT2D eigenvalue weighted by molar-refractivity contribution is 5.93. The Balaban J connectivity index is 1.73. The molecule has 0 spiro atoms. The van der Waals surface area contributed by atoms with E-state index in [4.69, 9.17) is 9.47 Å². The molecule has 0 aliphatic carbocycles. The maximum absolute atomic E-state index is 13.2. The van der Waals surface area contributed by atoms with Crippen LogP contribution < -0.4 is 4.90 Å². The Morgan fingerprint density at radius 1 is 1.15 bits per heavy atom. The van der Waals surface area contributed by atoms with E-state index in [-0.39, 0.29) is 12.1 Å². The van der Waals surface area contributed by atoms with Gasteiger partial charge in [-0.05, 0) is 43.2 Å². The van der Waals surface area contributed by atoms with Crippen LogP contribution in [0.4, 0.5) is 10.2 Å². The molecule has 1 fully saturated rings. The summed E-state index contributed by atoms with van der Waals surface area (Å²) in [6.07, 6.45) is 1.62. The van der Waals surface area contributed by atoms with Gasteiger partial charge < -0.3 is 18.9 Å². The van der Waals surface area contributed by atoms with E-state index in [1.807, 2.05) is 25.4 Å². The van der Waals surface area contributed by atoms with Gasteiger partial charge in [0.25, 0.3) is 0 Å². The molecule has 0 unspecified atom stereocenters. The van der Waals surface area contributed by atoms with Crippen molar-refractivity contribution >= 4 is 16.7 Å². The zero-order chi connectivity index (χ0) is 19.0. The predicted molar refractivity (Wildman–Crippen MR) is 103 cm³/mol. The van der Waals surface area contributed by atoms with E-state index < -0.39 is 0 Å². The van der Waals surface area contributed by atoms with Gasteiger partial charge in [0.05, 0.1) is 25.3 Å². The Bertz CT molecular complexity index is 946. The van der Waals surface area contributed by atoms with Gasteiger partial charge in [-0.25, -0.2) is 9.37 Å². The first-order chi connectivity index (χ1) is 13.0. The van der Waals surface area contributed by atoms with Gasteiger partial charge in [-0.1, -0.05) is 12.1 Å². The van der Waals surface area contributed by atoms with Gasteiger partial charge in [0.1, 0.15) is 5.82 Å². The minimum absolute atomic E-state index is 0.224. The first kappa shape index (κ1) is 17.9. The first-order valence-electron chi connectivity index (χ1n) is 9.18. The highest BCUT2D eigenvalue weighted by Crippen LogP contribution is 2.32. The van der Waals surface area contributed by atoms with E-state index >= 15 is 0 Å². The molecule has 27 heavy (non-hydrogen) atoms. The van der Waals surface area contributed by atoms with Crippen molar-refractivity contribution in [3.05, 3.63) is 59.2 Å². The van der Waals surface area contributed by atoms with Crippen LogP contribution in [0, 0.1) is 19.7 Å². The average molecular weight is 369 g/mol. The number of hydrogen-bond acceptors (Lipinski definition) is 4. The molecule has 0 atom stereocenters. The van der Waals surface area contributed by atoms with Crippen molar-refractivity contribution < 1.29 is 13.9 Å². The molecule has 2 aromatic heterocycles. The molecule has 6 heteroatoms. The second-order valence-electron chi connectivity index (χ2n) is 7.01. The smallest absolute Gasteiger partial charge is 0.175 e. The Hall–Kier alpha value is -2.44. The van der Waals surface area contributed by atoms with Crippen molar-refractivity contribution in [2.24, 2.45) is 0 Å². The van der Waals surface area contributed by atoms with E-state index in [0.29, 0.717) is 26.3 Å². The fraction of sp³-hybridized carbons (Fsp3) is 0.381. The highest BCUT2D eigenvalue weighted by Gasteiger charge is 2.22. The van der Waals surface area contributed by atoms with Crippen LogP contribution in [0.1, 0.15) is 16.8 Å². The minimum atomic E-state index is -0.228. The van der Waals surface area contributed by atoms with Crippen LogP contribution in [-0.2, 0) is 22.6 Å². The van der Waals surface area contributed by atoms with E-state index in [2.05, 4.69) is 34.4 Å². The summed E-state index contributed by atoms with van der Waals surface area (Å²) >= 11 is 0. The van der Waals surface area contributed by atoms with Gasteiger partial charge in [0, 0.05) is 30.9 Å². The Morgan fingerprint density at radius 3 is 2.56 bits per heavy atom. The van der Waals surface area contributed by atoms with Crippen molar-refractivity contribution in [2.75, 3.05) is 25.2 Å². The third kappa shape index (κ3) is 3.42. The van der Waals surface area contributed by atoms with Crippen LogP contribution in [0.15, 0.2) is 36.5 Å². The number of hydrogen-bond donors (Lipinski definition) is 0. The van der Waals surface area contributed by atoms with Crippen LogP contribution >= 0.6 is 0 Å². The predicted octanol–water partition coefficient (Wildman–Crippen LogP) is 3.80. The number of rotatable bonds is 5. The molecule has 0 bridgehead atoms. The SMILES string of the molecule is Cc1c(C)n(CC2OCCO2)c2c(N(C)Cc3ccc(F)cc3)nccc12. The summed E-state index contributed by atoms with van der Waals surface area (Å²) in [6, 6.07) is 8.65. The van der Waals surface area contributed by atoms with Gasteiger partial charge in [0.2, 0.25) is 0 Å². The van der Waals surface area contributed by atoms with Crippen molar-refractivity contribution in [3.63, 3.8) is 0 Å². The number of ether oxygens (including phenoxy) is 2. The van der Waals surface area contributed by atoms with Crippen molar-refractivity contribution in [3.8, 4) is 0 Å². The molecule has 1 saturated heterocycles. The average Bonchev–Trinajstić information content (AvgIpc) is 3.27. The summed E-state index contributed by atoms with van der Waals surface area (Å²) in [6.45, 7) is 6.81. The summed E-state index contributed by atoms with van der Waals surface area (Å²) in [5.41, 5.74) is 4.54. The Kier molecular flexibility index (Phi) is 4.85. The third-order valence-electron chi connectivity index (χ3n) is 5.24. The summed E-state index contributed by atoms with van der Waals surface area (Å²) in [4.78, 5) is 6.76. The quantitative estimate of drug-likeness (QED) is 0.686. The maximum atomic E-state index is 13.2. The number of benzene rings is 1. The number of pyridine rings is 1. The summed E-state index contributed by atoms with van der Waals surface area (Å²) in [5, 5.41) is 1.18. The van der Waals surface area contributed by atoms with Crippen LogP contribution in [0.25, 0.3) is 10.9 Å². The lowest BCUT2D eigenvalue weighted by Crippen LogP contribution is -2.21. The molecule has 0 saturated carbocycles. The molecule has 0 radical (unpaired) electrons. The zero-order valence-electron chi connectivity index (χ0n) is 15.9. The molecule has 142 valence electrons. The lowest BCUT2D eigenvalue weighted by molar-refractivity contribution is -0.0520. The number of fused-ring (bicyclic) bond motifs is 1. The molecule has 3 aromatic rings. The minimum Gasteiger partial charge on any atom is -0.354 e. The van der Waals surface area contributed by atoms with Gasteiger partial charge in [-0.2, -0.15) is 0 Å². The molecule has 3 heterocycles. The fourth-order valence-electron chi connectivity index (χ4n) is 3.68. The lowest BCUT2D eigenvalue weighted by atomic mass is 10.2. The third-order valence-corrected chi connectivity index (χ3v) is 5.24. The second-order valence-corrected chi connectivity index (χ2v) is 7.01.